The second kappa shape index (κ2) is 15.4. The van der Waals surface area contributed by atoms with E-state index >= 15 is 0 Å². The molecule has 2 heterocycles. The zero-order valence-electron chi connectivity index (χ0n) is 32.9. The minimum absolute atomic E-state index is 0.255. The summed E-state index contributed by atoms with van der Waals surface area (Å²) in [6, 6.07) is 32.2. The van der Waals surface area contributed by atoms with Gasteiger partial charge in [0.05, 0.1) is 11.4 Å². The van der Waals surface area contributed by atoms with Crippen LogP contribution in [0.3, 0.4) is 0 Å². The molecular weight excluding hydrogens is 705 g/mol. The number of aromatic hydroxyl groups is 2. The van der Waals surface area contributed by atoms with Crippen molar-refractivity contribution < 1.29 is 10.2 Å². The van der Waals surface area contributed by atoms with Gasteiger partial charge >= 0.3 is 0 Å². The van der Waals surface area contributed by atoms with E-state index in [1.54, 1.807) is 22.7 Å². The second-order valence-corrected chi connectivity index (χ2v) is 18.5. The van der Waals surface area contributed by atoms with Gasteiger partial charge in [-0.25, -0.2) is 0 Å². The largest absolute Gasteiger partial charge is 0.507 e. The van der Waals surface area contributed by atoms with E-state index in [1.165, 1.54) is 11.1 Å². The van der Waals surface area contributed by atoms with E-state index < -0.39 is 0 Å². The van der Waals surface area contributed by atoms with Crippen molar-refractivity contribution >= 4 is 34.0 Å². The molecule has 6 rings (SSSR count). The molecule has 278 valence electrons. The molecule has 0 aliphatic heterocycles. The van der Waals surface area contributed by atoms with Crippen LogP contribution >= 0.6 is 22.7 Å². The van der Waals surface area contributed by atoms with E-state index in [1.807, 2.05) is 74.5 Å². The Bertz CT molecular complexity index is 2150. The number of phenolic OH excluding ortho intramolecular Hbond substituents is 2. The Labute approximate surface area is 328 Å². The van der Waals surface area contributed by atoms with Crippen LogP contribution in [-0.2, 0) is 10.8 Å². The van der Waals surface area contributed by atoms with Crippen molar-refractivity contribution in [2.24, 2.45) is 20.5 Å². The maximum absolute atomic E-state index is 11.0. The lowest BCUT2D eigenvalue weighted by molar-refractivity contribution is 0.441. The van der Waals surface area contributed by atoms with Gasteiger partial charge in [-0.3, -0.25) is 0 Å². The summed E-state index contributed by atoms with van der Waals surface area (Å²) in [5.41, 5.74) is 8.79. The third kappa shape index (κ3) is 8.72. The van der Waals surface area contributed by atoms with Gasteiger partial charge in [-0.1, -0.05) is 76.9 Å². The molecule has 0 radical (unpaired) electrons. The van der Waals surface area contributed by atoms with Crippen LogP contribution in [0.4, 0.5) is 11.4 Å². The number of benzene rings is 4. The lowest BCUT2D eigenvalue weighted by atomic mass is 9.83. The topological polar surface area (TPSA) is 89.9 Å². The van der Waals surface area contributed by atoms with E-state index in [2.05, 4.69) is 91.8 Å². The molecule has 0 spiro atoms. The average Bonchev–Trinajstić information content (AvgIpc) is 3.79. The van der Waals surface area contributed by atoms with Crippen molar-refractivity contribution in [1.29, 1.82) is 0 Å². The van der Waals surface area contributed by atoms with E-state index in [9.17, 15) is 10.2 Å². The number of hydrogen-bond donors (Lipinski definition) is 2. The first-order valence-corrected chi connectivity index (χ1v) is 19.9. The third-order valence-corrected chi connectivity index (χ3v) is 12.0. The number of nitrogens with zero attached hydrogens (tertiary/aromatic N) is 4. The molecule has 6 nitrogen and oxygen atoms in total. The van der Waals surface area contributed by atoms with Crippen LogP contribution in [0.25, 0.3) is 9.75 Å². The SMILES string of the molecule is Cc1ccc(N=NC(c2cc(C)c(O)c(C(C)(C)C)c2)c2ccc(-c3ccc(C(N=Nc4ccc(C)cc4)c4cc(C)c(O)c(C(C)(C)C)c4)s3)s2)cc1. The van der Waals surface area contributed by atoms with Crippen LogP contribution in [0.15, 0.2) is 118 Å². The fraction of sp³-hybridized carbons (Fsp3) is 0.304. The highest BCUT2D eigenvalue weighted by Crippen LogP contribution is 2.45. The van der Waals surface area contributed by atoms with Gasteiger partial charge in [-0.15, -0.1) is 22.7 Å². The molecule has 0 saturated heterocycles. The van der Waals surface area contributed by atoms with Crippen molar-refractivity contribution in [2.45, 2.75) is 92.2 Å². The monoisotopic (exact) mass is 754 g/mol. The third-order valence-electron chi connectivity index (χ3n) is 9.57. The first-order valence-electron chi connectivity index (χ1n) is 18.3. The number of aryl methyl sites for hydroxylation is 4. The van der Waals surface area contributed by atoms with Crippen molar-refractivity contribution in [1.82, 2.24) is 0 Å². The molecule has 8 heteroatoms. The van der Waals surface area contributed by atoms with Crippen LogP contribution in [0.5, 0.6) is 11.5 Å². The maximum Gasteiger partial charge on any atom is 0.130 e. The Morgan fingerprint density at radius 2 is 0.833 bits per heavy atom. The molecule has 0 bridgehead atoms. The molecule has 2 unspecified atom stereocenters. The number of azo groups is 2. The van der Waals surface area contributed by atoms with Gasteiger partial charge in [0.15, 0.2) is 0 Å². The summed E-state index contributed by atoms with van der Waals surface area (Å²) in [7, 11) is 0. The molecular formula is C46H50N4O2S2. The summed E-state index contributed by atoms with van der Waals surface area (Å²) >= 11 is 3.40. The molecule has 6 aromatic rings. The van der Waals surface area contributed by atoms with Gasteiger partial charge in [-0.2, -0.15) is 20.5 Å². The van der Waals surface area contributed by atoms with Gasteiger partial charge < -0.3 is 10.2 Å². The smallest absolute Gasteiger partial charge is 0.130 e. The fourth-order valence-electron chi connectivity index (χ4n) is 6.39. The minimum atomic E-state index is -0.364. The highest BCUT2D eigenvalue weighted by molar-refractivity contribution is 7.22. The lowest BCUT2D eigenvalue weighted by Crippen LogP contribution is -2.13. The normalized spacial score (nSPS) is 13.6. The number of rotatable bonds is 9. The summed E-state index contributed by atoms with van der Waals surface area (Å²) in [6.07, 6.45) is 0. The predicted octanol–water partition coefficient (Wildman–Crippen LogP) is 14.5. The van der Waals surface area contributed by atoms with E-state index in [-0.39, 0.29) is 22.9 Å². The first kappa shape index (κ1) is 38.8. The highest BCUT2D eigenvalue weighted by atomic mass is 32.1. The molecule has 54 heavy (non-hydrogen) atoms. The Morgan fingerprint density at radius 3 is 1.17 bits per heavy atom. The first-order chi connectivity index (χ1) is 25.5. The molecule has 0 fully saturated rings. The Morgan fingerprint density at radius 1 is 0.481 bits per heavy atom. The molecule has 0 aliphatic carbocycles. The van der Waals surface area contributed by atoms with Crippen molar-refractivity contribution in [3.8, 4) is 21.3 Å². The molecule has 2 aromatic heterocycles. The highest BCUT2D eigenvalue weighted by Gasteiger charge is 2.27. The minimum Gasteiger partial charge on any atom is -0.507 e. The predicted molar refractivity (Wildman–Crippen MR) is 226 cm³/mol. The van der Waals surface area contributed by atoms with Gasteiger partial charge in [-0.05, 0) is 145 Å². The Balaban J connectivity index is 1.41. The van der Waals surface area contributed by atoms with Crippen LogP contribution in [0, 0.1) is 27.7 Å². The molecule has 0 amide bonds. The average molecular weight is 755 g/mol. The van der Waals surface area contributed by atoms with Crippen LogP contribution in [0.2, 0.25) is 0 Å². The summed E-state index contributed by atoms with van der Waals surface area (Å²) in [6.45, 7) is 20.7. The van der Waals surface area contributed by atoms with E-state index in [4.69, 9.17) is 20.5 Å². The van der Waals surface area contributed by atoms with Crippen molar-refractivity contribution in [2.75, 3.05) is 0 Å². The number of thiophene rings is 2. The summed E-state index contributed by atoms with van der Waals surface area (Å²) in [5, 5.41) is 41.4. The Kier molecular flexibility index (Phi) is 11.1. The molecule has 4 aromatic carbocycles. The van der Waals surface area contributed by atoms with Crippen LogP contribution in [0.1, 0.15) is 108 Å². The van der Waals surface area contributed by atoms with Gasteiger partial charge in [0, 0.05) is 19.5 Å². The standard InChI is InChI=1S/C46H50N4O2S2/c1-27-11-15-33(16-12-27)47-49-41(31-23-29(3)43(51)35(25-31)45(5,6)7)39-21-19-37(53-39)38-20-22-40(54-38)42(50-48-34-17-13-28(2)14-18-34)32-24-30(4)44(52)36(26-32)46(8,9)10/h11-26,41-42,51-52H,1-10H3. The molecule has 2 N–H and O–H groups in total. The van der Waals surface area contributed by atoms with Crippen LogP contribution in [-0.4, -0.2) is 10.2 Å². The Hall–Kier alpha value is -4.92. The summed E-state index contributed by atoms with van der Waals surface area (Å²) in [4.78, 5) is 4.35. The fourth-order valence-corrected chi connectivity index (χ4v) is 8.62. The van der Waals surface area contributed by atoms with Crippen molar-refractivity contribution in [3.05, 3.63) is 151 Å². The van der Waals surface area contributed by atoms with E-state index in [0.29, 0.717) is 11.5 Å². The zero-order valence-corrected chi connectivity index (χ0v) is 34.5. The van der Waals surface area contributed by atoms with Gasteiger partial charge in [0.25, 0.3) is 0 Å². The summed E-state index contributed by atoms with van der Waals surface area (Å²) in [5.74, 6) is 0.650. The van der Waals surface area contributed by atoms with Gasteiger partial charge in [0.2, 0.25) is 0 Å². The zero-order chi connectivity index (χ0) is 38.9. The second-order valence-electron chi connectivity index (χ2n) is 16.3. The molecule has 2 atom stereocenters. The quantitative estimate of drug-likeness (QED) is 0.144. The van der Waals surface area contributed by atoms with Crippen LogP contribution < -0.4 is 0 Å². The molecule has 0 saturated carbocycles. The maximum atomic E-state index is 11.0. The number of phenols is 2. The number of hydrogen-bond acceptors (Lipinski definition) is 8. The van der Waals surface area contributed by atoms with E-state index in [0.717, 1.165) is 64.3 Å². The van der Waals surface area contributed by atoms with Gasteiger partial charge in [0.1, 0.15) is 23.6 Å². The lowest BCUT2D eigenvalue weighted by Gasteiger charge is -2.24. The van der Waals surface area contributed by atoms with Crippen molar-refractivity contribution in [3.63, 3.8) is 0 Å². The summed E-state index contributed by atoms with van der Waals surface area (Å²) < 4.78 is 0. The molecule has 0 aliphatic rings.